The topological polar surface area (TPSA) is 38.5 Å². The SMILES string of the molecule is CC1CN(C(CN)c2ccc(C(C)(C)C)cc2)CCCO1. The molecule has 1 aliphatic heterocycles. The smallest absolute Gasteiger partial charge is 0.0674 e. The van der Waals surface area contributed by atoms with Gasteiger partial charge in [-0.15, -0.1) is 0 Å². The molecule has 0 amide bonds. The van der Waals surface area contributed by atoms with E-state index >= 15 is 0 Å². The fourth-order valence-corrected chi connectivity index (χ4v) is 3.01. The molecule has 2 rings (SSSR count). The molecule has 1 fully saturated rings. The molecule has 0 saturated carbocycles. The molecule has 2 atom stereocenters. The maximum atomic E-state index is 6.07. The van der Waals surface area contributed by atoms with Crippen LogP contribution in [0.4, 0.5) is 0 Å². The first kappa shape index (κ1) is 16.5. The number of rotatable bonds is 3. The predicted octanol–water partition coefficient (Wildman–Crippen LogP) is 3.09. The van der Waals surface area contributed by atoms with Gasteiger partial charge in [0.05, 0.1) is 6.10 Å². The normalized spacial score (nSPS) is 22.8. The van der Waals surface area contributed by atoms with Gasteiger partial charge in [0.15, 0.2) is 0 Å². The lowest BCUT2D eigenvalue weighted by Crippen LogP contribution is -2.37. The van der Waals surface area contributed by atoms with Gasteiger partial charge in [0.1, 0.15) is 0 Å². The minimum atomic E-state index is 0.196. The van der Waals surface area contributed by atoms with Crippen LogP contribution in [0.5, 0.6) is 0 Å². The van der Waals surface area contributed by atoms with Crippen molar-refractivity contribution in [3.05, 3.63) is 35.4 Å². The quantitative estimate of drug-likeness (QED) is 0.929. The van der Waals surface area contributed by atoms with E-state index in [0.29, 0.717) is 12.6 Å². The molecule has 2 unspecified atom stereocenters. The molecule has 21 heavy (non-hydrogen) atoms. The number of nitrogens with zero attached hydrogens (tertiary/aromatic N) is 1. The van der Waals surface area contributed by atoms with Crippen molar-refractivity contribution in [2.24, 2.45) is 5.73 Å². The second-order valence-electron chi connectivity index (χ2n) is 7.15. The zero-order chi connectivity index (χ0) is 15.5. The molecule has 0 aliphatic carbocycles. The molecule has 118 valence electrons. The summed E-state index contributed by atoms with van der Waals surface area (Å²) in [6.07, 6.45) is 1.37. The Kier molecular flexibility index (Phi) is 5.42. The van der Waals surface area contributed by atoms with Crippen molar-refractivity contribution >= 4 is 0 Å². The first-order valence-corrected chi connectivity index (χ1v) is 8.08. The van der Waals surface area contributed by atoms with E-state index in [9.17, 15) is 0 Å². The zero-order valence-corrected chi connectivity index (χ0v) is 13.9. The molecule has 3 nitrogen and oxygen atoms in total. The number of hydrogen-bond donors (Lipinski definition) is 1. The van der Waals surface area contributed by atoms with Gasteiger partial charge in [-0.1, -0.05) is 45.0 Å². The van der Waals surface area contributed by atoms with Crippen LogP contribution in [0, 0.1) is 0 Å². The van der Waals surface area contributed by atoms with E-state index in [1.54, 1.807) is 0 Å². The van der Waals surface area contributed by atoms with Crippen LogP contribution in [0.25, 0.3) is 0 Å². The van der Waals surface area contributed by atoms with Crippen LogP contribution >= 0.6 is 0 Å². The third-order valence-electron chi connectivity index (χ3n) is 4.31. The van der Waals surface area contributed by atoms with Crippen molar-refractivity contribution in [2.75, 3.05) is 26.2 Å². The van der Waals surface area contributed by atoms with Gasteiger partial charge in [0.25, 0.3) is 0 Å². The molecule has 0 spiro atoms. The third kappa shape index (κ3) is 4.29. The van der Waals surface area contributed by atoms with Crippen molar-refractivity contribution < 1.29 is 4.74 Å². The Morgan fingerprint density at radius 3 is 2.52 bits per heavy atom. The average molecular weight is 290 g/mol. The van der Waals surface area contributed by atoms with E-state index in [1.165, 1.54) is 11.1 Å². The Labute approximate surface area is 129 Å². The molecule has 1 aliphatic rings. The number of hydrogen-bond acceptors (Lipinski definition) is 3. The van der Waals surface area contributed by atoms with Crippen LogP contribution in [0.1, 0.15) is 51.3 Å². The van der Waals surface area contributed by atoms with E-state index < -0.39 is 0 Å². The summed E-state index contributed by atoms with van der Waals surface area (Å²) in [6, 6.07) is 9.28. The monoisotopic (exact) mass is 290 g/mol. The number of ether oxygens (including phenoxy) is 1. The third-order valence-corrected chi connectivity index (χ3v) is 4.31. The van der Waals surface area contributed by atoms with Gasteiger partial charge in [0.2, 0.25) is 0 Å². The van der Waals surface area contributed by atoms with Gasteiger partial charge in [-0.3, -0.25) is 4.90 Å². The summed E-state index contributed by atoms with van der Waals surface area (Å²) in [4.78, 5) is 2.48. The zero-order valence-electron chi connectivity index (χ0n) is 13.9. The predicted molar refractivity (Wildman–Crippen MR) is 88.5 cm³/mol. The van der Waals surface area contributed by atoms with E-state index in [2.05, 4.69) is 56.9 Å². The molecule has 3 heteroatoms. The summed E-state index contributed by atoms with van der Waals surface area (Å²) in [5.74, 6) is 0. The van der Waals surface area contributed by atoms with Gasteiger partial charge >= 0.3 is 0 Å². The highest BCUT2D eigenvalue weighted by Crippen LogP contribution is 2.26. The largest absolute Gasteiger partial charge is 0.377 e. The van der Waals surface area contributed by atoms with Crippen LogP contribution in [0.2, 0.25) is 0 Å². The molecular weight excluding hydrogens is 260 g/mol. The van der Waals surface area contributed by atoms with Gasteiger partial charge in [-0.2, -0.15) is 0 Å². The summed E-state index contributed by atoms with van der Waals surface area (Å²) in [5, 5.41) is 0. The van der Waals surface area contributed by atoms with Gasteiger partial charge in [-0.05, 0) is 29.9 Å². The minimum absolute atomic E-state index is 0.196. The molecule has 2 N–H and O–H groups in total. The molecule has 0 radical (unpaired) electrons. The summed E-state index contributed by atoms with van der Waals surface area (Å²) in [6.45, 7) is 12.4. The maximum Gasteiger partial charge on any atom is 0.0674 e. The van der Waals surface area contributed by atoms with Gasteiger partial charge < -0.3 is 10.5 Å². The highest BCUT2D eigenvalue weighted by Gasteiger charge is 2.23. The maximum absolute atomic E-state index is 6.07. The Morgan fingerprint density at radius 1 is 1.29 bits per heavy atom. The lowest BCUT2D eigenvalue weighted by molar-refractivity contribution is 0.0612. The summed E-state index contributed by atoms with van der Waals surface area (Å²) < 4.78 is 5.74. The standard InChI is InChI=1S/C18H30N2O/c1-14-13-20(10-5-11-21-14)17(12-19)15-6-8-16(9-7-15)18(2,3)4/h6-9,14,17H,5,10-13,19H2,1-4H3. The highest BCUT2D eigenvalue weighted by molar-refractivity contribution is 5.29. The van der Waals surface area contributed by atoms with Gasteiger partial charge in [-0.25, -0.2) is 0 Å². The minimum Gasteiger partial charge on any atom is -0.377 e. The lowest BCUT2D eigenvalue weighted by atomic mass is 9.86. The van der Waals surface area contributed by atoms with Crippen molar-refractivity contribution in [1.82, 2.24) is 4.90 Å². The van der Waals surface area contributed by atoms with Crippen LogP contribution in [0.15, 0.2) is 24.3 Å². The Hall–Kier alpha value is -0.900. The lowest BCUT2D eigenvalue weighted by Gasteiger charge is -2.31. The van der Waals surface area contributed by atoms with Crippen molar-refractivity contribution in [3.8, 4) is 0 Å². The highest BCUT2D eigenvalue weighted by atomic mass is 16.5. The summed E-state index contributed by atoms with van der Waals surface area (Å²) in [7, 11) is 0. The van der Waals surface area contributed by atoms with Crippen LogP contribution < -0.4 is 5.73 Å². The van der Waals surface area contributed by atoms with E-state index in [4.69, 9.17) is 10.5 Å². The van der Waals surface area contributed by atoms with Crippen LogP contribution in [0.3, 0.4) is 0 Å². The fraction of sp³-hybridized carbons (Fsp3) is 0.667. The first-order valence-electron chi connectivity index (χ1n) is 8.08. The molecular formula is C18H30N2O. The van der Waals surface area contributed by atoms with Crippen molar-refractivity contribution in [2.45, 2.75) is 51.7 Å². The Bertz CT molecular complexity index is 436. The summed E-state index contributed by atoms with van der Waals surface area (Å²) >= 11 is 0. The molecule has 1 heterocycles. The second-order valence-corrected chi connectivity index (χ2v) is 7.15. The Morgan fingerprint density at radius 2 is 1.95 bits per heavy atom. The molecule has 1 aromatic rings. The van der Waals surface area contributed by atoms with E-state index in [-0.39, 0.29) is 11.5 Å². The van der Waals surface area contributed by atoms with E-state index in [1.807, 2.05) is 0 Å². The van der Waals surface area contributed by atoms with Crippen LogP contribution in [-0.2, 0) is 10.2 Å². The molecule has 1 saturated heterocycles. The first-order chi connectivity index (χ1) is 9.91. The summed E-state index contributed by atoms with van der Waals surface area (Å²) in [5.41, 5.74) is 8.96. The average Bonchev–Trinajstić information content (AvgIpc) is 2.64. The van der Waals surface area contributed by atoms with Crippen molar-refractivity contribution in [3.63, 3.8) is 0 Å². The van der Waals surface area contributed by atoms with Crippen molar-refractivity contribution in [1.29, 1.82) is 0 Å². The molecule has 0 aromatic heterocycles. The molecule has 1 aromatic carbocycles. The molecule has 0 bridgehead atoms. The number of benzene rings is 1. The van der Waals surface area contributed by atoms with Gasteiger partial charge in [0, 0.05) is 32.3 Å². The number of nitrogens with two attached hydrogens (primary N) is 1. The fourth-order valence-electron chi connectivity index (χ4n) is 3.01. The Balaban J connectivity index is 2.16. The second kappa shape index (κ2) is 6.91. The van der Waals surface area contributed by atoms with Crippen LogP contribution in [-0.4, -0.2) is 37.2 Å². The van der Waals surface area contributed by atoms with E-state index in [0.717, 1.165) is 26.1 Å².